The van der Waals surface area contributed by atoms with Gasteiger partial charge in [0.1, 0.15) is 45.8 Å². The van der Waals surface area contributed by atoms with Crippen LogP contribution in [0.2, 0.25) is 0 Å². The zero-order chi connectivity index (χ0) is 87.6. The van der Waals surface area contributed by atoms with E-state index in [-0.39, 0.29) is 33.9 Å². The van der Waals surface area contributed by atoms with Crippen LogP contribution in [0.1, 0.15) is 370 Å². The molecule has 6 aromatic carbocycles. The van der Waals surface area contributed by atoms with Crippen molar-refractivity contribution in [1.29, 1.82) is 0 Å². The number of anilines is 4. The molecule has 0 saturated heterocycles. The van der Waals surface area contributed by atoms with Crippen LogP contribution >= 0.6 is 11.3 Å². The molecule has 3 aromatic heterocycles. The van der Waals surface area contributed by atoms with E-state index in [1.54, 1.807) is 72.8 Å². The standard InChI is InChI=1S/C110H134N6O8S/c1-5-9-13-17-21-25-29-33-37-47-79-121-95-67-59-91(60-68-95)111-107(117)101-83-89(84-102(115-101)108(118)112-92-61-69-96(70-62-92)122-80-48-38-34-30-26-22-18-14-10-6-2)55-75-99-100(106(78-58-88-53-45-42-46-54-88)125-105(99)77-57-87-51-43-41-44-52-87)76-56-90-85-103(109(119)113-93-63-71-97(72-64-93)123-81-49-39-35-31-27-23-19-15-11-7-3)116-104(86-90)110(120)114-94-65-73-98(74-66-94)124-82-50-40-36-32-28-24-20-16-12-8-4/h41-46,51-54,59-74,83-86H,5-40,47-50,79-82H2,1-4H3,(H,111,117)(H,112,118)(H,113,119)(H,114,120). The number of nitrogens with one attached hydrogen (secondary N) is 4. The van der Waals surface area contributed by atoms with E-state index in [0.717, 1.165) is 62.5 Å². The third-order valence-corrected chi connectivity index (χ3v) is 22.9. The van der Waals surface area contributed by atoms with Gasteiger partial charge in [-0.05, 0) is 183 Å². The fraction of sp³-hybridized carbons (Fsp3) is 0.436. The zero-order valence-corrected chi connectivity index (χ0v) is 75.8. The Bertz CT molecular complexity index is 4410. The van der Waals surface area contributed by atoms with Crippen molar-refractivity contribution in [3.63, 3.8) is 0 Å². The molecule has 658 valence electrons. The van der Waals surface area contributed by atoms with Crippen molar-refractivity contribution >= 4 is 57.7 Å². The summed E-state index contributed by atoms with van der Waals surface area (Å²) in [6.07, 6.45) is 49.3. The zero-order valence-electron chi connectivity index (χ0n) is 75.0. The number of ether oxygens (including phenoxy) is 4. The smallest absolute Gasteiger partial charge is 0.274 e. The predicted octanol–water partition coefficient (Wildman–Crippen LogP) is 28.3. The van der Waals surface area contributed by atoms with Crippen molar-refractivity contribution in [2.75, 3.05) is 47.7 Å². The van der Waals surface area contributed by atoms with Gasteiger partial charge in [0.25, 0.3) is 23.6 Å². The lowest BCUT2D eigenvalue weighted by molar-refractivity contribution is 0.0998. The maximum absolute atomic E-state index is 14.7. The van der Waals surface area contributed by atoms with E-state index in [0.29, 0.717) is 93.1 Å². The number of hydrogen-bond donors (Lipinski definition) is 4. The van der Waals surface area contributed by atoms with E-state index in [1.807, 2.05) is 109 Å². The third-order valence-electron chi connectivity index (χ3n) is 21.9. The van der Waals surface area contributed by atoms with Crippen molar-refractivity contribution in [3.05, 3.63) is 248 Å². The van der Waals surface area contributed by atoms with Crippen LogP contribution in [0.15, 0.2) is 182 Å². The highest BCUT2D eigenvalue weighted by Gasteiger charge is 2.21. The van der Waals surface area contributed by atoms with E-state index in [9.17, 15) is 19.2 Å². The fourth-order valence-corrected chi connectivity index (χ4v) is 15.4. The van der Waals surface area contributed by atoms with Gasteiger partial charge in [-0.2, -0.15) is 0 Å². The fourth-order valence-electron chi connectivity index (χ4n) is 14.5. The minimum Gasteiger partial charge on any atom is -0.494 e. The molecule has 0 bridgehead atoms. The molecule has 3 heterocycles. The number of benzene rings is 6. The predicted molar refractivity (Wildman–Crippen MR) is 517 cm³/mol. The topological polar surface area (TPSA) is 179 Å². The lowest BCUT2D eigenvalue weighted by Crippen LogP contribution is -2.19. The van der Waals surface area contributed by atoms with Crippen LogP contribution in [0.25, 0.3) is 0 Å². The highest BCUT2D eigenvalue weighted by molar-refractivity contribution is 7.13. The van der Waals surface area contributed by atoms with Crippen molar-refractivity contribution in [3.8, 4) is 70.4 Å². The largest absolute Gasteiger partial charge is 0.494 e. The van der Waals surface area contributed by atoms with Gasteiger partial charge in [0.15, 0.2) is 0 Å². The summed E-state index contributed by atoms with van der Waals surface area (Å²) in [4.78, 5) is 69.0. The first-order valence-electron chi connectivity index (χ1n) is 47.1. The Labute approximate surface area is 751 Å². The monoisotopic (exact) mass is 1700 g/mol. The van der Waals surface area contributed by atoms with Gasteiger partial charge in [-0.3, -0.25) is 19.2 Å². The summed E-state index contributed by atoms with van der Waals surface area (Å²) < 4.78 is 24.6. The Kier molecular flexibility index (Phi) is 46.4. The first-order valence-corrected chi connectivity index (χ1v) is 47.9. The van der Waals surface area contributed by atoms with E-state index in [1.165, 1.54) is 217 Å². The number of unbranched alkanes of at least 4 members (excludes halogenated alkanes) is 36. The van der Waals surface area contributed by atoms with Gasteiger partial charge < -0.3 is 40.2 Å². The molecule has 0 saturated carbocycles. The van der Waals surface area contributed by atoms with E-state index in [2.05, 4.69) is 96.3 Å². The molecule has 0 atom stereocenters. The molecular formula is C110H134N6O8S. The van der Waals surface area contributed by atoms with Gasteiger partial charge in [-0.25, -0.2) is 9.97 Å². The van der Waals surface area contributed by atoms with Gasteiger partial charge in [0.2, 0.25) is 0 Å². The normalized spacial score (nSPS) is 10.7. The maximum Gasteiger partial charge on any atom is 0.274 e. The summed E-state index contributed by atoms with van der Waals surface area (Å²) in [5.41, 5.74) is 4.60. The number of carbonyl (C=O) groups is 4. The van der Waals surface area contributed by atoms with Crippen LogP contribution in [-0.2, 0) is 0 Å². The molecule has 4 amide bonds. The molecule has 0 spiro atoms. The second-order valence-electron chi connectivity index (χ2n) is 32.5. The summed E-state index contributed by atoms with van der Waals surface area (Å²) in [5.74, 6) is 27.4. The van der Waals surface area contributed by atoms with Gasteiger partial charge >= 0.3 is 0 Å². The molecule has 0 fully saturated rings. The van der Waals surface area contributed by atoms with Gasteiger partial charge in [-0.15, -0.1) is 11.3 Å². The highest BCUT2D eigenvalue weighted by Crippen LogP contribution is 2.30. The van der Waals surface area contributed by atoms with Crippen LogP contribution < -0.4 is 40.2 Å². The molecule has 125 heavy (non-hydrogen) atoms. The molecule has 15 heteroatoms. The number of aromatic nitrogens is 2. The number of rotatable bonds is 56. The lowest BCUT2D eigenvalue weighted by Gasteiger charge is -2.11. The lowest BCUT2D eigenvalue weighted by atomic mass is 10.1. The number of pyridine rings is 2. The quantitative estimate of drug-likeness (QED) is 0.0212. The molecule has 9 aromatic rings. The summed E-state index contributed by atoms with van der Waals surface area (Å²) in [6.45, 7) is 11.4. The first-order chi connectivity index (χ1) is 61.5. The molecule has 4 N–H and O–H groups in total. The Morgan fingerprint density at radius 2 is 0.456 bits per heavy atom. The molecule has 0 radical (unpaired) electrons. The average molecular weight is 1700 g/mol. The Morgan fingerprint density at radius 1 is 0.248 bits per heavy atom. The SMILES string of the molecule is CCCCCCCCCCCCOc1ccc(NC(=O)c2cc(C#Cc3c(C#Cc4ccccc4)sc(C#Cc4ccccc4)c3C#Cc3cc(C(=O)Nc4ccc(OCCCCCCCCCCCC)cc4)nc(C(=O)Nc4ccc(OCCCCCCCCCCCC)cc4)c3)cc(C(=O)Nc3ccc(OCCCCCCCCCCCC)cc3)n2)cc1. The van der Waals surface area contributed by atoms with E-state index >= 15 is 0 Å². The second-order valence-corrected chi connectivity index (χ2v) is 33.6. The van der Waals surface area contributed by atoms with Crippen molar-refractivity contribution in [1.82, 2.24) is 9.97 Å². The third kappa shape index (κ3) is 38.7. The molecular weight excluding hydrogens is 1570 g/mol. The second kappa shape index (κ2) is 59.5. The molecule has 0 unspecified atom stereocenters. The van der Waals surface area contributed by atoms with Crippen LogP contribution in [0.5, 0.6) is 23.0 Å². The Balaban J connectivity index is 1.02. The van der Waals surface area contributed by atoms with Gasteiger partial charge in [0.05, 0.1) is 47.3 Å². The summed E-state index contributed by atoms with van der Waals surface area (Å²) >= 11 is 1.31. The van der Waals surface area contributed by atoms with Crippen molar-refractivity contribution < 1.29 is 38.1 Å². The van der Waals surface area contributed by atoms with Crippen LogP contribution in [0.3, 0.4) is 0 Å². The Hall–Kier alpha value is -11.4. The molecule has 9 rings (SSSR count). The van der Waals surface area contributed by atoms with Gasteiger partial charge in [0, 0.05) is 45.0 Å². The van der Waals surface area contributed by atoms with Gasteiger partial charge in [-0.1, -0.05) is 331 Å². The van der Waals surface area contributed by atoms with Crippen LogP contribution in [0, 0.1) is 47.4 Å². The molecule has 0 aliphatic carbocycles. The van der Waals surface area contributed by atoms with E-state index < -0.39 is 23.6 Å². The van der Waals surface area contributed by atoms with Crippen LogP contribution in [0.4, 0.5) is 22.7 Å². The number of carbonyl (C=O) groups excluding carboxylic acids is 4. The molecule has 0 aliphatic rings. The van der Waals surface area contributed by atoms with Crippen LogP contribution in [-0.4, -0.2) is 60.0 Å². The minimum atomic E-state index is -0.575. The first kappa shape index (κ1) is 97.4. The maximum atomic E-state index is 14.7. The minimum absolute atomic E-state index is 0.0677. The number of thiophene rings is 1. The van der Waals surface area contributed by atoms with Crippen molar-refractivity contribution in [2.24, 2.45) is 0 Å². The number of hydrogen-bond acceptors (Lipinski definition) is 11. The number of amides is 4. The van der Waals surface area contributed by atoms with E-state index in [4.69, 9.17) is 28.9 Å². The summed E-state index contributed by atoms with van der Waals surface area (Å²) in [6, 6.07) is 54.3. The highest BCUT2D eigenvalue weighted by atomic mass is 32.1. The number of nitrogens with zero attached hydrogens (tertiary/aromatic N) is 2. The summed E-state index contributed by atoms with van der Waals surface area (Å²) in [5, 5.41) is 12.0. The average Bonchev–Trinajstić information content (AvgIpc) is 1.79. The molecule has 14 nitrogen and oxygen atoms in total. The Morgan fingerprint density at radius 3 is 0.680 bits per heavy atom. The molecule has 0 aliphatic heterocycles. The summed E-state index contributed by atoms with van der Waals surface area (Å²) in [7, 11) is 0. The van der Waals surface area contributed by atoms with Crippen molar-refractivity contribution in [2.45, 2.75) is 285 Å².